The monoisotopic (exact) mass is 277 g/mol. The third-order valence-corrected chi connectivity index (χ3v) is 4.60. The van der Waals surface area contributed by atoms with Crippen molar-refractivity contribution in [3.8, 4) is 0 Å². The van der Waals surface area contributed by atoms with E-state index in [1.807, 2.05) is 4.68 Å². The Bertz CT molecular complexity index is 452. The zero-order chi connectivity index (χ0) is 14.0. The van der Waals surface area contributed by atoms with Crippen molar-refractivity contribution in [2.45, 2.75) is 32.7 Å². The molecule has 3 rings (SSSR count). The molecule has 0 radical (unpaired) electrons. The van der Waals surface area contributed by atoms with E-state index in [9.17, 15) is 4.79 Å². The molecule has 1 aromatic rings. The lowest BCUT2D eigenvalue weighted by Gasteiger charge is -2.37. The van der Waals surface area contributed by atoms with Gasteiger partial charge in [0.1, 0.15) is 12.7 Å². The van der Waals surface area contributed by atoms with E-state index >= 15 is 0 Å². The molecule has 0 aromatic carbocycles. The molecule has 110 valence electrons. The zero-order valence-electron chi connectivity index (χ0n) is 12.1. The number of hydrogen-bond acceptors (Lipinski definition) is 4. The fourth-order valence-electron chi connectivity index (χ4n) is 3.37. The van der Waals surface area contributed by atoms with Gasteiger partial charge in [-0.05, 0) is 38.6 Å². The van der Waals surface area contributed by atoms with Crippen LogP contribution in [0.3, 0.4) is 0 Å². The Labute approximate surface area is 119 Å². The van der Waals surface area contributed by atoms with Crippen LogP contribution in [0.5, 0.6) is 0 Å². The summed E-state index contributed by atoms with van der Waals surface area (Å²) in [4.78, 5) is 18.8. The number of hydrogen-bond donors (Lipinski definition) is 1. The zero-order valence-corrected chi connectivity index (χ0v) is 12.1. The number of amides is 1. The maximum Gasteiger partial charge on any atom is 0.229 e. The number of carbonyl (C=O) groups is 1. The van der Waals surface area contributed by atoms with Gasteiger partial charge in [0.15, 0.2) is 0 Å². The summed E-state index contributed by atoms with van der Waals surface area (Å²) in [6.45, 7) is 6.49. The van der Waals surface area contributed by atoms with Gasteiger partial charge in [-0.2, -0.15) is 5.10 Å². The van der Waals surface area contributed by atoms with Crippen LogP contribution in [0.15, 0.2) is 12.7 Å². The molecule has 2 aliphatic rings. The second-order valence-corrected chi connectivity index (χ2v) is 6.36. The Kier molecular flexibility index (Phi) is 3.74. The number of aromatic nitrogens is 3. The van der Waals surface area contributed by atoms with Crippen LogP contribution >= 0.6 is 0 Å². The number of nitrogens with zero attached hydrogens (tertiary/aromatic N) is 4. The van der Waals surface area contributed by atoms with Crippen LogP contribution in [0.2, 0.25) is 0 Å². The molecule has 0 aliphatic carbocycles. The molecule has 0 spiro atoms. The molecule has 20 heavy (non-hydrogen) atoms. The van der Waals surface area contributed by atoms with Gasteiger partial charge < -0.3 is 10.2 Å². The summed E-state index contributed by atoms with van der Waals surface area (Å²) in [7, 11) is 0. The first-order valence-electron chi connectivity index (χ1n) is 7.50. The largest absolute Gasteiger partial charge is 0.342 e. The Morgan fingerprint density at radius 3 is 3.15 bits per heavy atom. The summed E-state index contributed by atoms with van der Waals surface area (Å²) in [6.07, 6.45) is 6.53. The number of piperidine rings is 1. The summed E-state index contributed by atoms with van der Waals surface area (Å²) in [6, 6.07) is 0. The first-order valence-corrected chi connectivity index (χ1v) is 7.50. The highest BCUT2D eigenvalue weighted by Gasteiger charge is 2.40. The summed E-state index contributed by atoms with van der Waals surface area (Å²) < 4.78 is 1.87. The second-order valence-electron chi connectivity index (χ2n) is 6.36. The quantitative estimate of drug-likeness (QED) is 0.875. The molecule has 2 saturated heterocycles. The average molecular weight is 277 g/mol. The molecule has 0 saturated carbocycles. The Morgan fingerprint density at radius 2 is 2.45 bits per heavy atom. The van der Waals surface area contributed by atoms with Crippen molar-refractivity contribution in [2.75, 3.05) is 26.2 Å². The van der Waals surface area contributed by atoms with Crippen molar-refractivity contribution < 1.29 is 4.79 Å². The van der Waals surface area contributed by atoms with E-state index in [2.05, 4.69) is 27.2 Å². The van der Waals surface area contributed by atoms with Crippen LogP contribution in [-0.2, 0) is 11.3 Å². The normalized spacial score (nSPS) is 30.6. The number of nitrogens with one attached hydrogen (secondary N) is 1. The van der Waals surface area contributed by atoms with Crippen molar-refractivity contribution in [3.05, 3.63) is 12.7 Å². The SMILES string of the molecule is C[C@@]1(C(=O)N2CCC[C@H](Cn3cncn3)C2)CCNC1. The molecule has 1 aromatic heterocycles. The predicted molar refractivity (Wildman–Crippen MR) is 74.9 cm³/mol. The molecular formula is C14H23N5O. The number of likely N-dealkylation sites (tertiary alicyclic amines) is 1. The van der Waals surface area contributed by atoms with Gasteiger partial charge in [-0.25, -0.2) is 4.98 Å². The number of carbonyl (C=O) groups excluding carboxylic acids is 1. The topological polar surface area (TPSA) is 63.1 Å². The summed E-state index contributed by atoms with van der Waals surface area (Å²) in [5, 5.41) is 7.47. The van der Waals surface area contributed by atoms with Crippen molar-refractivity contribution in [2.24, 2.45) is 11.3 Å². The minimum atomic E-state index is -0.199. The molecule has 6 nitrogen and oxygen atoms in total. The molecule has 0 unspecified atom stereocenters. The maximum absolute atomic E-state index is 12.7. The molecule has 2 fully saturated rings. The average Bonchev–Trinajstić information content (AvgIpc) is 3.11. The van der Waals surface area contributed by atoms with Crippen molar-refractivity contribution in [3.63, 3.8) is 0 Å². The molecule has 3 heterocycles. The van der Waals surface area contributed by atoms with E-state index in [1.165, 1.54) is 6.42 Å². The van der Waals surface area contributed by atoms with Crippen molar-refractivity contribution >= 4 is 5.91 Å². The van der Waals surface area contributed by atoms with E-state index in [0.717, 1.165) is 45.6 Å². The molecule has 6 heteroatoms. The van der Waals surface area contributed by atoms with Gasteiger partial charge in [0.05, 0.1) is 5.41 Å². The Morgan fingerprint density at radius 1 is 1.55 bits per heavy atom. The van der Waals surface area contributed by atoms with E-state index in [0.29, 0.717) is 11.8 Å². The lowest BCUT2D eigenvalue weighted by atomic mass is 9.86. The highest BCUT2D eigenvalue weighted by Crippen LogP contribution is 2.29. The number of rotatable bonds is 3. The lowest BCUT2D eigenvalue weighted by Crippen LogP contribution is -2.48. The standard InChI is InChI=1S/C14H23N5O/c1-14(4-5-15-9-14)13(20)18-6-2-3-12(7-18)8-19-11-16-10-17-19/h10-12,15H,2-9H2,1H3/t12-,14+/m0/s1. The smallest absolute Gasteiger partial charge is 0.229 e. The van der Waals surface area contributed by atoms with E-state index in [1.54, 1.807) is 12.7 Å². The molecule has 0 bridgehead atoms. The minimum absolute atomic E-state index is 0.199. The van der Waals surface area contributed by atoms with Gasteiger partial charge in [-0.15, -0.1) is 0 Å². The van der Waals surface area contributed by atoms with Crippen molar-refractivity contribution in [1.29, 1.82) is 0 Å². The van der Waals surface area contributed by atoms with Gasteiger partial charge in [-0.1, -0.05) is 0 Å². The minimum Gasteiger partial charge on any atom is -0.342 e. The first-order chi connectivity index (χ1) is 9.67. The van der Waals surface area contributed by atoms with Crippen LogP contribution in [0.1, 0.15) is 26.2 Å². The van der Waals surface area contributed by atoms with Crippen molar-refractivity contribution in [1.82, 2.24) is 25.0 Å². The summed E-state index contributed by atoms with van der Waals surface area (Å²) >= 11 is 0. The molecule has 2 aliphatic heterocycles. The molecule has 1 N–H and O–H groups in total. The van der Waals surface area contributed by atoms with Crippen LogP contribution in [0, 0.1) is 11.3 Å². The van der Waals surface area contributed by atoms with Gasteiger partial charge in [0.25, 0.3) is 0 Å². The van der Waals surface area contributed by atoms with Gasteiger partial charge in [-0.3, -0.25) is 9.48 Å². The van der Waals surface area contributed by atoms with Gasteiger partial charge in [0, 0.05) is 26.2 Å². The van der Waals surface area contributed by atoms with E-state index < -0.39 is 0 Å². The van der Waals surface area contributed by atoms with Crippen LogP contribution in [-0.4, -0.2) is 51.8 Å². The summed E-state index contributed by atoms with van der Waals surface area (Å²) in [5.74, 6) is 0.818. The van der Waals surface area contributed by atoms with Gasteiger partial charge in [0.2, 0.25) is 5.91 Å². The fraction of sp³-hybridized carbons (Fsp3) is 0.786. The molecule has 1 amide bonds. The maximum atomic E-state index is 12.7. The third kappa shape index (κ3) is 2.70. The lowest BCUT2D eigenvalue weighted by molar-refractivity contribution is -0.142. The third-order valence-electron chi connectivity index (χ3n) is 4.60. The first kappa shape index (κ1) is 13.5. The second kappa shape index (κ2) is 5.52. The van der Waals surface area contributed by atoms with Crippen LogP contribution in [0.25, 0.3) is 0 Å². The molecule has 2 atom stereocenters. The fourth-order valence-corrected chi connectivity index (χ4v) is 3.37. The Hall–Kier alpha value is -1.43. The highest BCUT2D eigenvalue weighted by atomic mass is 16.2. The van der Waals surface area contributed by atoms with E-state index in [-0.39, 0.29) is 5.41 Å². The Balaban J connectivity index is 1.61. The summed E-state index contributed by atoms with van der Waals surface area (Å²) in [5.41, 5.74) is -0.199. The van der Waals surface area contributed by atoms with Gasteiger partial charge >= 0.3 is 0 Å². The van der Waals surface area contributed by atoms with Crippen LogP contribution < -0.4 is 5.32 Å². The predicted octanol–water partition coefficient (Wildman–Crippen LogP) is 0.516. The molecular weight excluding hydrogens is 254 g/mol. The van der Waals surface area contributed by atoms with Crippen LogP contribution in [0.4, 0.5) is 0 Å². The van der Waals surface area contributed by atoms with E-state index in [4.69, 9.17) is 0 Å². The highest BCUT2D eigenvalue weighted by molar-refractivity contribution is 5.83.